The minimum atomic E-state index is -0.0946. The Labute approximate surface area is 128 Å². The Morgan fingerprint density at radius 1 is 1.19 bits per heavy atom. The maximum atomic E-state index is 12.6. The van der Waals surface area contributed by atoms with Gasteiger partial charge in [0.1, 0.15) is 0 Å². The molecular weight excluding hydrogens is 262 g/mol. The van der Waals surface area contributed by atoms with Gasteiger partial charge in [-0.3, -0.25) is 4.79 Å². The van der Waals surface area contributed by atoms with Gasteiger partial charge in [0.25, 0.3) is 0 Å². The van der Waals surface area contributed by atoms with Gasteiger partial charge in [-0.05, 0) is 23.8 Å². The van der Waals surface area contributed by atoms with Crippen molar-refractivity contribution in [1.29, 1.82) is 0 Å². The molecule has 3 heteroatoms. The number of rotatable bonds is 9. The van der Waals surface area contributed by atoms with Gasteiger partial charge in [-0.1, -0.05) is 63.9 Å². The second-order valence-electron chi connectivity index (χ2n) is 5.81. The monoisotopic (exact) mass is 291 g/mol. The van der Waals surface area contributed by atoms with Crippen molar-refractivity contribution in [2.45, 2.75) is 46.0 Å². The van der Waals surface area contributed by atoms with E-state index >= 15 is 0 Å². The molecule has 0 aromatic heterocycles. The summed E-state index contributed by atoms with van der Waals surface area (Å²) in [7, 11) is 0. The normalized spacial score (nSPS) is 15.2. The number of amides is 1. The molecule has 3 atom stereocenters. The van der Waals surface area contributed by atoms with E-state index in [0.717, 1.165) is 24.8 Å². The minimum absolute atomic E-state index is 0.0946. The molecule has 0 aliphatic rings. The van der Waals surface area contributed by atoms with E-state index in [-0.39, 0.29) is 18.4 Å². The van der Waals surface area contributed by atoms with Gasteiger partial charge >= 0.3 is 0 Å². The summed E-state index contributed by atoms with van der Waals surface area (Å²) in [6.45, 7) is 7.17. The number of carbonyl (C=O) groups excluding carboxylic acids is 1. The van der Waals surface area contributed by atoms with Gasteiger partial charge < -0.3 is 10.4 Å². The molecule has 1 amide bonds. The summed E-state index contributed by atoms with van der Waals surface area (Å²) in [5, 5.41) is 12.1. The minimum Gasteiger partial charge on any atom is -0.396 e. The number of benzene rings is 1. The zero-order valence-electron chi connectivity index (χ0n) is 13.5. The first-order valence-electron chi connectivity index (χ1n) is 8.07. The summed E-state index contributed by atoms with van der Waals surface area (Å²) in [5.74, 6) is 0.674. The summed E-state index contributed by atoms with van der Waals surface area (Å²) in [5.41, 5.74) is 1.08. The number of hydrogen-bond donors (Lipinski definition) is 2. The lowest BCUT2D eigenvalue weighted by Gasteiger charge is -2.24. The molecule has 0 fully saturated rings. The third kappa shape index (κ3) is 5.50. The molecule has 3 unspecified atom stereocenters. The fraction of sp³-hybridized carbons (Fsp3) is 0.611. The first-order chi connectivity index (χ1) is 10.1. The summed E-state index contributed by atoms with van der Waals surface area (Å²) >= 11 is 0. The smallest absolute Gasteiger partial charge is 0.227 e. The number of hydrogen-bond acceptors (Lipinski definition) is 2. The van der Waals surface area contributed by atoms with Crippen LogP contribution in [-0.2, 0) is 4.79 Å². The van der Waals surface area contributed by atoms with E-state index in [1.807, 2.05) is 30.3 Å². The highest BCUT2D eigenvalue weighted by molar-refractivity contribution is 5.83. The first kappa shape index (κ1) is 17.7. The molecule has 1 rings (SSSR count). The molecule has 0 bridgehead atoms. The number of aliphatic hydroxyl groups excluding tert-OH is 1. The van der Waals surface area contributed by atoms with Crippen molar-refractivity contribution in [3.8, 4) is 0 Å². The second kappa shape index (κ2) is 9.56. The zero-order chi connectivity index (χ0) is 15.7. The lowest BCUT2D eigenvalue weighted by Crippen LogP contribution is -2.36. The van der Waals surface area contributed by atoms with Crippen LogP contribution < -0.4 is 5.32 Å². The highest BCUT2D eigenvalue weighted by Crippen LogP contribution is 2.27. The largest absolute Gasteiger partial charge is 0.396 e. The van der Waals surface area contributed by atoms with Crippen LogP contribution in [0, 0.1) is 11.8 Å². The predicted octanol–water partition coefficient (Wildman–Crippen LogP) is 3.34. The van der Waals surface area contributed by atoms with Crippen LogP contribution >= 0.6 is 0 Å². The molecule has 3 nitrogen and oxygen atoms in total. The maximum absolute atomic E-state index is 12.6. The summed E-state index contributed by atoms with van der Waals surface area (Å²) in [6, 6.07) is 10.0. The van der Waals surface area contributed by atoms with Gasteiger partial charge in [-0.25, -0.2) is 0 Å². The van der Waals surface area contributed by atoms with Crippen LogP contribution in [0.3, 0.4) is 0 Å². The molecule has 21 heavy (non-hydrogen) atoms. The fourth-order valence-corrected chi connectivity index (χ4v) is 2.62. The molecule has 0 saturated carbocycles. The van der Waals surface area contributed by atoms with Crippen molar-refractivity contribution < 1.29 is 9.90 Å². The van der Waals surface area contributed by atoms with Crippen molar-refractivity contribution in [3.05, 3.63) is 35.9 Å². The van der Waals surface area contributed by atoms with Crippen molar-refractivity contribution >= 4 is 5.91 Å². The van der Waals surface area contributed by atoms with Crippen molar-refractivity contribution in [2.24, 2.45) is 11.8 Å². The Bertz CT molecular complexity index is 405. The average molecular weight is 291 g/mol. The Morgan fingerprint density at radius 2 is 1.86 bits per heavy atom. The fourth-order valence-electron chi connectivity index (χ4n) is 2.62. The summed E-state index contributed by atoms with van der Waals surface area (Å²) < 4.78 is 0. The third-order valence-electron chi connectivity index (χ3n) is 4.33. The zero-order valence-corrected chi connectivity index (χ0v) is 13.5. The van der Waals surface area contributed by atoms with Crippen LogP contribution in [0.5, 0.6) is 0 Å². The molecule has 1 aromatic rings. The van der Waals surface area contributed by atoms with E-state index in [4.69, 9.17) is 5.11 Å². The Balaban J connectivity index is 2.73. The summed E-state index contributed by atoms with van der Waals surface area (Å²) in [4.78, 5) is 12.6. The Morgan fingerprint density at radius 3 is 2.38 bits per heavy atom. The molecule has 2 N–H and O–H groups in total. The molecule has 0 spiro atoms. The Hall–Kier alpha value is -1.35. The molecule has 0 radical (unpaired) electrons. The first-order valence-corrected chi connectivity index (χ1v) is 8.07. The quantitative estimate of drug-likeness (QED) is 0.733. The van der Waals surface area contributed by atoms with Gasteiger partial charge in [-0.15, -0.1) is 0 Å². The van der Waals surface area contributed by atoms with Crippen LogP contribution in [0.15, 0.2) is 30.3 Å². The molecule has 0 aliphatic heterocycles. The van der Waals surface area contributed by atoms with Crippen LogP contribution in [0.1, 0.15) is 51.5 Å². The van der Waals surface area contributed by atoms with E-state index in [2.05, 4.69) is 26.1 Å². The highest BCUT2D eigenvalue weighted by Gasteiger charge is 2.25. The van der Waals surface area contributed by atoms with Gasteiger partial charge in [0.2, 0.25) is 5.91 Å². The van der Waals surface area contributed by atoms with Crippen LogP contribution in [-0.4, -0.2) is 24.2 Å². The van der Waals surface area contributed by atoms with Crippen LogP contribution in [0.4, 0.5) is 0 Å². The van der Waals surface area contributed by atoms with E-state index in [1.54, 1.807) is 0 Å². The van der Waals surface area contributed by atoms with E-state index in [0.29, 0.717) is 18.4 Å². The Kier molecular flexibility index (Phi) is 8.06. The number of carbonyl (C=O) groups is 1. The number of aliphatic hydroxyl groups is 1. The highest BCUT2D eigenvalue weighted by atomic mass is 16.3. The average Bonchev–Trinajstić information content (AvgIpc) is 2.52. The van der Waals surface area contributed by atoms with E-state index in [1.165, 1.54) is 0 Å². The van der Waals surface area contributed by atoms with Gasteiger partial charge in [-0.2, -0.15) is 0 Å². The van der Waals surface area contributed by atoms with Crippen molar-refractivity contribution in [1.82, 2.24) is 5.32 Å². The molecule has 1 aromatic carbocycles. The number of nitrogens with one attached hydrogen (secondary N) is 1. The molecular formula is C18H29NO2. The van der Waals surface area contributed by atoms with Crippen molar-refractivity contribution in [2.75, 3.05) is 13.2 Å². The van der Waals surface area contributed by atoms with Gasteiger partial charge in [0.05, 0.1) is 5.92 Å². The van der Waals surface area contributed by atoms with Crippen LogP contribution in [0.2, 0.25) is 0 Å². The van der Waals surface area contributed by atoms with Crippen LogP contribution in [0.25, 0.3) is 0 Å². The molecule has 118 valence electrons. The lowest BCUT2D eigenvalue weighted by molar-refractivity contribution is -0.123. The molecule has 0 heterocycles. The topological polar surface area (TPSA) is 49.3 Å². The summed E-state index contributed by atoms with van der Waals surface area (Å²) in [6.07, 6.45) is 2.69. The SMILES string of the molecule is CCC(CCO)CNC(=O)C(c1ccccc1)C(C)CC. The maximum Gasteiger partial charge on any atom is 0.227 e. The van der Waals surface area contributed by atoms with Gasteiger partial charge in [0.15, 0.2) is 0 Å². The van der Waals surface area contributed by atoms with Gasteiger partial charge in [0, 0.05) is 13.2 Å². The van der Waals surface area contributed by atoms with E-state index < -0.39 is 0 Å². The second-order valence-corrected chi connectivity index (χ2v) is 5.81. The van der Waals surface area contributed by atoms with Crippen molar-refractivity contribution in [3.63, 3.8) is 0 Å². The predicted molar refractivity (Wildman–Crippen MR) is 87.1 cm³/mol. The van der Waals surface area contributed by atoms with E-state index in [9.17, 15) is 4.79 Å². The molecule has 0 saturated heterocycles. The molecule has 0 aliphatic carbocycles. The third-order valence-corrected chi connectivity index (χ3v) is 4.33. The lowest BCUT2D eigenvalue weighted by atomic mass is 9.84. The standard InChI is InChI=1S/C18H29NO2/c1-4-14(3)17(16-9-7-6-8-10-16)18(21)19-13-15(5-2)11-12-20/h6-10,14-15,17,20H,4-5,11-13H2,1-3H3,(H,19,21).